The Morgan fingerprint density at radius 2 is 1.84 bits per heavy atom. The van der Waals surface area contributed by atoms with Crippen molar-refractivity contribution in [2.24, 2.45) is 5.73 Å². The standard InChI is InChI=1S/C23H15Cl3N2O3/c24-14-3-1-13(18(25)8-14)11-30-20-6-2-12(7-19(20)26)22-16-5-4-15(29)9-21(16)31-23(28)17(22)10-27/h1-9,22,29H,11,28H2/t22-/m0/s1. The van der Waals surface area contributed by atoms with Crippen molar-refractivity contribution < 1.29 is 14.6 Å². The van der Waals surface area contributed by atoms with Crippen LogP contribution in [-0.4, -0.2) is 5.11 Å². The molecule has 0 unspecified atom stereocenters. The minimum Gasteiger partial charge on any atom is -0.508 e. The van der Waals surface area contributed by atoms with Crippen molar-refractivity contribution in [2.45, 2.75) is 12.5 Å². The van der Waals surface area contributed by atoms with Gasteiger partial charge in [-0.2, -0.15) is 5.26 Å². The maximum absolute atomic E-state index is 9.77. The number of nitrogens with zero attached hydrogens (tertiary/aromatic N) is 1. The van der Waals surface area contributed by atoms with Crippen molar-refractivity contribution in [3.8, 4) is 23.3 Å². The lowest BCUT2D eigenvalue weighted by Crippen LogP contribution is -2.21. The lowest BCUT2D eigenvalue weighted by Gasteiger charge is -2.26. The summed E-state index contributed by atoms with van der Waals surface area (Å²) in [6.45, 7) is 0.213. The number of rotatable bonds is 4. The van der Waals surface area contributed by atoms with Gasteiger partial charge < -0.3 is 20.3 Å². The number of fused-ring (bicyclic) bond motifs is 1. The molecule has 0 aliphatic carbocycles. The molecule has 0 radical (unpaired) electrons. The van der Waals surface area contributed by atoms with Crippen LogP contribution < -0.4 is 15.2 Å². The van der Waals surface area contributed by atoms with E-state index in [0.717, 1.165) is 11.1 Å². The van der Waals surface area contributed by atoms with Crippen LogP contribution >= 0.6 is 34.8 Å². The summed E-state index contributed by atoms with van der Waals surface area (Å²) in [6, 6.07) is 17.2. The Morgan fingerprint density at radius 3 is 2.55 bits per heavy atom. The predicted octanol–water partition coefficient (Wildman–Crippen LogP) is 6.15. The largest absolute Gasteiger partial charge is 0.508 e. The topological polar surface area (TPSA) is 88.5 Å². The van der Waals surface area contributed by atoms with E-state index < -0.39 is 5.92 Å². The lowest BCUT2D eigenvalue weighted by molar-refractivity contribution is 0.306. The molecule has 3 aromatic rings. The quantitative estimate of drug-likeness (QED) is 0.474. The molecular weight excluding hydrogens is 459 g/mol. The molecule has 0 saturated heterocycles. The third-order valence-electron chi connectivity index (χ3n) is 4.89. The first-order valence-corrected chi connectivity index (χ1v) is 10.3. The number of hydrogen-bond acceptors (Lipinski definition) is 5. The molecule has 31 heavy (non-hydrogen) atoms. The van der Waals surface area contributed by atoms with E-state index in [2.05, 4.69) is 6.07 Å². The minimum absolute atomic E-state index is 0.0144. The van der Waals surface area contributed by atoms with Gasteiger partial charge in [-0.05, 0) is 35.9 Å². The first-order valence-electron chi connectivity index (χ1n) is 9.14. The van der Waals surface area contributed by atoms with Crippen molar-refractivity contribution in [3.05, 3.63) is 97.8 Å². The molecule has 0 saturated carbocycles. The van der Waals surface area contributed by atoms with Gasteiger partial charge in [-0.1, -0.05) is 53.0 Å². The highest BCUT2D eigenvalue weighted by atomic mass is 35.5. The first-order chi connectivity index (χ1) is 14.9. The third kappa shape index (κ3) is 4.24. The lowest BCUT2D eigenvalue weighted by atomic mass is 9.83. The van der Waals surface area contributed by atoms with Crippen molar-refractivity contribution in [3.63, 3.8) is 0 Å². The van der Waals surface area contributed by atoms with E-state index >= 15 is 0 Å². The molecule has 3 N–H and O–H groups in total. The van der Waals surface area contributed by atoms with Crippen LogP contribution in [0.2, 0.25) is 15.1 Å². The van der Waals surface area contributed by atoms with E-state index in [1.165, 1.54) is 12.1 Å². The molecular formula is C23H15Cl3N2O3. The fourth-order valence-electron chi connectivity index (χ4n) is 3.39. The molecule has 1 aliphatic heterocycles. The molecule has 3 aromatic carbocycles. The molecule has 1 heterocycles. The summed E-state index contributed by atoms with van der Waals surface area (Å²) >= 11 is 18.6. The Hall–Kier alpha value is -3.04. The Balaban J connectivity index is 1.65. The number of benzene rings is 3. The summed E-state index contributed by atoms with van der Waals surface area (Å²) in [7, 11) is 0. The minimum atomic E-state index is -0.494. The monoisotopic (exact) mass is 472 g/mol. The van der Waals surface area contributed by atoms with Crippen molar-refractivity contribution in [1.82, 2.24) is 0 Å². The van der Waals surface area contributed by atoms with Crippen molar-refractivity contribution in [1.29, 1.82) is 5.26 Å². The number of phenolic OH excluding ortho intramolecular Hbond substituents is 1. The summed E-state index contributed by atoms with van der Waals surface area (Å²) in [5.74, 6) is 0.375. The van der Waals surface area contributed by atoms with E-state index in [1.54, 1.807) is 36.4 Å². The smallest absolute Gasteiger partial charge is 0.205 e. The van der Waals surface area contributed by atoms with Crippen LogP contribution in [0.25, 0.3) is 0 Å². The highest BCUT2D eigenvalue weighted by Gasteiger charge is 2.31. The number of aromatic hydroxyl groups is 1. The second-order valence-corrected chi connectivity index (χ2v) is 8.11. The van der Waals surface area contributed by atoms with Gasteiger partial charge in [0, 0.05) is 27.2 Å². The Labute approximate surface area is 193 Å². The van der Waals surface area contributed by atoms with Crippen LogP contribution in [0.4, 0.5) is 0 Å². The zero-order valence-corrected chi connectivity index (χ0v) is 18.2. The van der Waals surface area contributed by atoms with Crippen LogP contribution in [0, 0.1) is 11.3 Å². The number of hydrogen-bond donors (Lipinski definition) is 2. The average molecular weight is 474 g/mol. The van der Waals surface area contributed by atoms with Gasteiger partial charge in [-0.25, -0.2) is 0 Å². The third-order valence-corrected chi connectivity index (χ3v) is 5.77. The van der Waals surface area contributed by atoms with E-state index in [-0.39, 0.29) is 23.8 Å². The van der Waals surface area contributed by atoms with Gasteiger partial charge in [-0.3, -0.25) is 0 Å². The highest BCUT2D eigenvalue weighted by Crippen LogP contribution is 2.44. The van der Waals surface area contributed by atoms with Gasteiger partial charge in [0.25, 0.3) is 0 Å². The SMILES string of the molecule is N#CC1=C(N)Oc2cc(O)ccc2[C@@H]1c1ccc(OCc2ccc(Cl)cc2Cl)c(Cl)c1. The van der Waals surface area contributed by atoms with Crippen LogP contribution in [0.5, 0.6) is 17.2 Å². The molecule has 8 heteroatoms. The molecule has 5 nitrogen and oxygen atoms in total. The van der Waals surface area contributed by atoms with Gasteiger partial charge in [0.2, 0.25) is 5.88 Å². The second-order valence-electron chi connectivity index (χ2n) is 6.86. The van der Waals surface area contributed by atoms with Crippen LogP contribution in [0.1, 0.15) is 22.6 Å². The van der Waals surface area contributed by atoms with Gasteiger partial charge in [0.1, 0.15) is 35.5 Å². The van der Waals surface area contributed by atoms with Gasteiger partial charge in [-0.15, -0.1) is 0 Å². The van der Waals surface area contributed by atoms with Gasteiger partial charge in [0.05, 0.1) is 10.9 Å². The Kier molecular flexibility index (Phi) is 5.88. The van der Waals surface area contributed by atoms with E-state index in [4.69, 9.17) is 50.0 Å². The molecule has 156 valence electrons. The average Bonchev–Trinajstić information content (AvgIpc) is 2.72. The van der Waals surface area contributed by atoms with E-state index in [0.29, 0.717) is 32.1 Å². The number of allylic oxidation sites excluding steroid dienone is 1. The molecule has 0 bridgehead atoms. The number of nitriles is 1. The normalized spacial score (nSPS) is 15.1. The zero-order chi connectivity index (χ0) is 22.1. The maximum atomic E-state index is 9.77. The molecule has 0 fully saturated rings. The number of nitrogens with two attached hydrogens (primary N) is 1. The summed E-state index contributed by atoms with van der Waals surface area (Å²) in [5, 5.41) is 20.8. The Morgan fingerprint density at radius 1 is 1.03 bits per heavy atom. The summed E-state index contributed by atoms with van der Waals surface area (Å²) in [5.41, 5.74) is 8.42. The fourth-order valence-corrected chi connectivity index (χ4v) is 4.10. The van der Waals surface area contributed by atoms with Crippen molar-refractivity contribution in [2.75, 3.05) is 0 Å². The Bertz CT molecular complexity index is 1250. The summed E-state index contributed by atoms with van der Waals surface area (Å²) < 4.78 is 11.4. The zero-order valence-electron chi connectivity index (χ0n) is 15.9. The second kappa shape index (κ2) is 8.60. The molecule has 0 spiro atoms. The number of phenols is 1. The molecule has 0 aromatic heterocycles. The number of ether oxygens (including phenoxy) is 2. The van der Waals surface area contributed by atoms with Gasteiger partial charge in [0.15, 0.2) is 0 Å². The van der Waals surface area contributed by atoms with Crippen LogP contribution in [0.3, 0.4) is 0 Å². The van der Waals surface area contributed by atoms with E-state index in [1.807, 2.05) is 6.07 Å². The molecule has 4 rings (SSSR count). The van der Waals surface area contributed by atoms with Gasteiger partial charge >= 0.3 is 0 Å². The number of halogens is 3. The first kappa shape index (κ1) is 21.2. The predicted molar refractivity (Wildman–Crippen MR) is 120 cm³/mol. The van der Waals surface area contributed by atoms with E-state index in [9.17, 15) is 10.4 Å². The summed E-state index contributed by atoms with van der Waals surface area (Å²) in [6.07, 6.45) is 0. The van der Waals surface area contributed by atoms with Crippen LogP contribution in [0.15, 0.2) is 66.1 Å². The maximum Gasteiger partial charge on any atom is 0.205 e. The molecule has 0 amide bonds. The highest BCUT2D eigenvalue weighted by molar-refractivity contribution is 6.35. The molecule has 1 aliphatic rings. The fraction of sp³-hybridized carbons (Fsp3) is 0.0870. The van der Waals surface area contributed by atoms with Crippen molar-refractivity contribution >= 4 is 34.8 Å². The van der Waals surface area contributed by atoms with Crippen LogP contribution in [-0.2, 0) is 6.61 Å². The summed E-state index contributed by atoms with van der Waals surface area (Å²) in [4.78, 5) is 0. The molecule has 1 atom stereocenters.